The summed E-state index contributed by atoms with van der Waals surface area (Å²) in [5.41, 5.74) is 3.13. The van der Waals surface area contributed by atoms with E-state index in [2.05, 4.69) is 21.2 Å². The van der Waals surface area contributed by atoms with Crippen molar-refractivity contribution in [3.05, 3.63) is 106 Å². The van der Waals surface area contributed by atoms with Gasteiger partial charge in [-0.15, -0.1) is 0 Å². The Morgan fingerprint density at radius 2 is 1.50 bits per heavy atom. The van der Waals surface area contributed by atoms with Gasteiger partial charge in [-0.2, -0.15) is 0 Å². The molecule has 0 spiro atoms. The van der Waals surface area contributed by atoms with Crippen LogP contribution in [0.4, 0.5) is 0 Å². The van der Waals surface area contributed by atoms with Crippen LogP contribution in [0.25, 0.3) is 0 Å². The van der Waals surface area contributed by atoms with Crippen molar-refractivity contribution in [2.45, 2.75) is 58.2 Å². The predicted octanol–water partition coefficient (Wildman–Crippen LogP) is 5.94. The molecule has 0 saturated carbocycles. The molecule has 0 radical (unpaired) electrons. The summed E-state index contributed by atoms with van der Waals surface area (Å²) in [5.74, 6) is -0.134. The number of nitrogens with one attached hydrogen (secondary N) is 1. The summed E-state index contributed by atoms with van der Waals surface area (Å²) in [6.45, 7) is 4.41. The molecule has 0 aromatic heterocycles. The summed E-state index contributed by atoms with van der Waals surface area (Å²) in [4.78, 5) is 28.9. The molecule has 0 aliphatic rings. The van der Waals surface area contributed by atoms with Crippen LogP contribution in [-0.2, 0) is 29.0 Å². The van der Waals surface area contributed by atoms with Gasteiger partial charge >= 0.3 is 0 Å². The van der Waals surface area contributed by atoms with Crippen molar-refractivity contribution in [2.24, 2.45) is 0 Å². The molecule has 1 N–H and O–H groups in total. The molecule has 3 aromatic rings. The second-order valence-electron chi connectivity index (χ2n) is 8.66. The fraction of sp³-hybridized carbons (Fsp3) is 0.310. The van der Waals surface area contributed by atoms with Crippen molar-refractivity contribution < 1.29 is 9.59 Å². The van der Waals surface area contributed by atoms with Crippen LogP contribution in [0.2, 0.25) is 0 Å². The van der Waals surface area contributed by atoms with Gasteiger partial charge in [0.2, 0.25) is 11.8 Å². The maximum Gasteiger partial charge on any atom is 0.243 e. The van der Waals surface area contributed by atoms with Gasteiger partial charge in [0.1, 0.15) is 6.04 Å². The van der Waals surface area contributed by atoms with Gasteiger partial charge < -0.3 is 10.2 Å². The van der Waals surface area contributed by atoms with Crippen LogP contribution < -0.4 is 5.32 Å². The second-order valence-corrected chi connectivity index (χ2v) is 9.58. The lowest BCUT2D eigenvalue weighted by atomic mass is 10.0. The van der Waals surface area contributed by atoms with E-state index < -0.39 is 6.04 Å². The number of nitrogens with zero attached hydrogens (tertiary/aromatic N) is 1. The summed E-state index contributed by atoms with van der Waals surface area (Å²) in [6.07, 6.45) is 2.28. The van der Waals surface area contributed by atoms with Crippen molar-refractivity contribution in [3.8, 4) is 0 Å². The minimum atomic E-state index is -0.598. The summed E-state index contributed by atoms with van der Waals surface area (Å²) in [7, 11) is 0. The minimum Gasteiger partial charge on any atom is -0.352 e. The third kappa shape index (κ3) is 7.84. The van der Waals surface area contributed by atoms with E-state index >= 15 is 0 Å². The minimum absolute atomic E-state index is 0.0240. The molecule has 0 unspecified atom stereocenters. The third-order valence-electron chi connectivity index (χ3n) is 5.98. The van der Waals surface area contributed by atoms with Crippen molar-refractivity contribution >= 4 is 27.7 Å². The Hall–Kier alpha value is -2.92. The number of benzene rings is 3. The van der Waals surface area contributed by atoms with Crippen LogP contribution in [0.15, 0.2) is 89.4 Å². The zero-order valence-electron chi connectivity index (χ0n) is 19.9. The van der Waals surface area contributed by atoms with Crippen LogP contribution in [0.1, 0.15) is 43.4 Å². The van der Waals surface area contributed by atoms with Crippen molar-refractivity contribution in [3.63, 3.8) is 0 Å². The number of carbonyl (C=O) groups is 2. The van der Waals surface area contributed by atoms with Gasteiger partial charge in [-0.25, -0.2) is 0 Å². The molecule has 0 fully saturated rings. The quantitative estimate of drug-likeness (QED) is 0.340. The fourth-order valence-corrected chi connectivity index (χ4v) is 4.31. The Morgan fingerprint density at radius 1 is 0.882 bits per heavy atom. The second kappa shape index (κ2) is 13.1. The smallest absolute Gasteiger partial charge is 0.243 e. The van der Waals surface area contributed by atoms with Crippen LogP contribution in [0.3, 0.4) is 0 Å². The highest BCUT2D eigenvalue weighted by Gasteiger charge is 2.30. The van der Waals surface area contributed by atoms with Gasteiger partial charge in [0.05, 0.1) is 0 Å². The molecule has 34 heavy (non-hydrogen) atoms. The van der Waals surface area contributed by atoms with Gasteiger partial charge in [0, 0.05) is 29.9 Å². The Bertz CT molecular complexity index is 1060. The Labute approximate surface area is 211 Å². The van der Waals surface area contributed by atoms with Crippen LogP contribution in [-0.4, -0.2) is 28.8 Å². The molecular weight excluding hydrogens is 488 g/mol. The van der Waals surface area contributed by atoms with Crippen molar-refractivity contribution in [1.29, 1.82) is 0 Å². The molecule has 3 aromatic carbocycles. The Kier molecular flexibility index (Phi) is 9.89. The number of hydrogen-bond acceptors (Lipinski definition) is 2. The molecule has 178 valence electrons. The predicted molar refractivity (Wildman–Crippen MR) is 141 cm³/mol. The topological polar surface area (TPSA) is 49.4 Å². The van der Waals surface area contributed by atoms with Gasteiger partial charge in [-0.1, -0.05) is 95.7 Å². The molecule has 0 aliphatic carbocycles. The lowest BCUT2D eigenvalue weighted by Gasteiger charge is -2.32. The molecule has 0 heterocycles. The number of halogens is 1. The van der Waals surface area contributed by atoms with E-state index in [-0.39, 0.29) is 17.9 Å². The third-order valence-corrected chi connectivity index (χ3v) is 6.48. The lowest BCUT2D eigenvalue weighted by molar-refractivity contribution is -0.141. The number of aryl methyl sites for hydroxylation is 1. The molecule has 2 atom stereocenters. The number of rotatable bonds is 11. The van der Waals surface area contributed by atoms with E-state index in [9.17, 15) is 9.59 Å². The number of hydrogen-bond donors (Lipinski definition) is 1. The first-order valence-corrected chi connectivity index (χ1v) is 12.7. The lowest BCUT2D eigenvalue weighted by Crippen LogP contribution is -2.52. The van der Waals surface area contributed by atoms with Crippen LogP contribution in [0, 0.1) is 0 Å². The Morgan fingerprint density at radius 3 is 2.12 bits per heavy atom. The summed E-state index contributed by atoms with van der Waals surface area (Å²) < 4.78 is 0.949. The SMILES string of the molecule is CC[C@@H](C)NC(=O)[C@H](Cc1ccccc1)N(Cc1cccc(Br)c1)C(=O)CCc1ccccc1. The first kappa shape index (κ1) is 25.7. The molecule has 0 aliphatic heterocycles. The zero-order chi connectivity index (χ0) is 24.3. The van der Waals surface area contributed by atoms with Gasteiger partial charge in [0.15, 0.2) is 0 Å². The maximum absolute atomic E-state index is 13.6. The monoisotopic (exact) mass is 520 g/mol. The van der Waals surface area contributed by atoms with Crippen LogP contribution >= 0.6 is 15.9 Å². The summed E-state index contributed by atoms with van der Waals surface area (Å²) >= 11 is 3.53. The molecule has 4 nitrogen and oxygen atoms in total. The highest BCUT2D eigenvalue weighted by Crippen LogP contribution is 2.19. The van der Waals surface area contributed by atoms with Crippen LogP contribution in [0.5, 0.6) is 0 Å². The zero-order valence-corrected chi connectivity index (χ0v) is 21.5. The molecule has 0 bridgehead atoms. The summed E-state index contributed by atoms with van der Waals surface area (Å²) in [6, 6.07) is 27.3. The highest BCUT2D eigenvalue weighted by molar-refractivity contribution is 9.10. The molecule has 3 rings (SSSR count). The van der Waals surface area contributed by atoms with E-state index in [0.29, 0.717) is 25.8 Å². The Balaban J connectivity index is 1.91. The first-order chi connectivity index (χ1) is 16.5. The molecular formula is C29H33BrN2O2. The number of amides is 2. The number of carbonyl (C=O) groups excluding carboxylic acids is 2. The van der Waals surface area contributed by atoms with Crippen molar-refractivity contribution in [2.75, 3.05) is 0 Å². The summed E-state index contributed by atoms with van der Waals surface area (Å²) in [5, 5.41) is 3.11. The van der Waals surface area contributed by atoms with E-state index in [4.69, 9.17) is 0 Å². The normalized spacial score (nSPS) is 12.6. The fourth-order valence-electron chi connectivity index (χ4n) is 3.87. The first-order valence-electron chi connectivity index (χ1n) is 11.9. The molecule has 5 heteroatoms. The van der Waals surface area contributed by atoms with E-state index in [1.165, 1.54) is 0 Å². The largest absolute Gasteiger partial charge is 0.352 e. The van der Waals surface area contributed by atoms with Crippen molar-refractivity contribution in [1.82, 2.24) is 10.2 Å². The maximum atomic E-state index is 13.6. The average Bonchev–Trinajstić information content (AvgIpc) is 2.85. The van der Waals surface area contributed by atoms with Gasteiger partial charge in [0.25, 0.3) is 0 Å². The van der Waals surface area contributed by atoms with E-state index in [0.717, 1.165) is 27.6 Å². The molecule has 0 saturated heterocycles. The van der Waals surface area contributed by atoms with E-state index in [1.54, 1.807) is 4.90 Å². The van der Waals surface area contributed by atoms with Gasteiger partial charge in [-0.05, 0) is 48.6 Å². The molecule has 2 amide bonds. The average molecular weight is 521 g/mol. The van der Waals surface area contributed by atoms with E-state index in [1.807, 2.05) is 98.8 Å². The highest BCUT2D eigenvalue weighted by atomic mass is 79.9. The standard InChI is InChI=1S/C29H33BrN2O2/c1-3-22(2)31-29(34)27(20-24-13-8-5-9-14-24)32(21-25-15-10-16-26(30)19-25)28(33)18-17-23-11-6-4-7-12-23/h4-16,19,22,27H,3,17-18,20-21H2,1-2H3,(H,31,34)/t22-,27+/m1/s1. The van der Waals surface area contributed by atoms with Gasteiger partial charge in [-0.3, -0.25) is 9.59 Å².